The zero-order chi connectivity index (χ0) is 18.6. The molecule has 0 aromatic heterocycles. The molecular weight excluding hydrogens is 340 g/mol. The van der Waals surface area contributed by atoms with Crippen LogP contribution in [-0.4, -0.2) is 35.7 Å². The van der Waals surface area contributed by atoms with Crippen molar-refractivity contribution in [1.29, 1.82) is 0 Å². The molecule has 0 radical (unpaired) electrons. The van der Waals surface area contributed by atoms with E-state index in [2.05, 4.69) is 5.32 Å². The number of esters is 1. The van der Waals surface area contributed by atoms with Crippen molar-refractivity contribution in [3.8, 4) is 0 Å². The number of hydrogen-bond donors (Lipinski definition) is 1. The van der Waals surface area contributed by atoms with Crippen molar-refractivity contribution in [3.63, 3.8) is 0 Å². The van der Waals surface area contributed by atoms with Crippen molar-refractivity contribution >= 4 is 29.5 Å². The maximum Gasteiger partial charge on any atom is 0.415 e. The molecule has 0 aliphatic carbocycles. The van der Waals surface area contributed by atoms with Crippen molar-refractivity contribution < 1.29 is 19.1 Å². The number of hydrogen-bond acceptors (Lipinski definition) is 6. The number of benzene rings is 1. The molecule has 2 atom stereocenters. The first-order valence-corrected chi connectivity index (χ1v) is 8.93. The first-order chi connectivity index (χ1) is 11.7. The zero-order valence-corrected chi connectivity index (χ0v) is 15.9. The van der Waals surface area contributed by atoms with Gasteiger partial charge in [-0.15, -0.1) is 11.8 Å². The summed E-state index contributed by atoms with van der Waals surface area (Å²) in [6, 6.07) is 7.17. The summed E-state index contributed by atoms with van der Waals surface area (Å²) in [5.74, 6) is -0.323. The van der Waals surface area contributed by atoms with Crippen LogP contribution in [-0.2, 0) is 14.3 Å². The van der Waals surface area contributed by atoms with E-state index in [-0.39, 0.29) is 17.4 Å². The van der Waals surface area contributed by atoms with E-state index in [0.717, 1.165) is 11.3 Å². The zero-order valence-electron chi connectivity index (χ0n) is 15.1. The van der Waals surface area contributed by atoms with Gasteiger partial charge in [-0.3, -0.25) is 4.90 Å². The van der Waals surface area contributed by atoms with Gasteiger partial charge >= 0.3 is 12.1 Å². The van der Waals surface area contributed by atoms with E-state index in [9.17, 15) is 9.59 Å². The van der Waals surface area contributed by atoms with Crippen molar-refractivity contribution in [3.05, 3.63) is 41.4 Å². The number of nitrogens with one attached hydrogen (secondary N) is 1. The standard InChI is InChI=1S/C18H24N2O4S/c1-12(16(21)23-5)19-14-8-6-13(7-9-14)15-20(10-11-25-15)17(22)24-18(2,3)4/h6-12,15,19H,1-5H3/t12-,15?/m0/s1. The Labute approximate surface area is 152 Å². The van der Waals surface area contributed by atoms with Gasteiger partial charge in [0.2, 0.25) is 0 Å². The summed E-state index contributed by atoms with van der Waals surface area (Å²) >= 11 is 1.54. The molecule has 1 aromatic rings. The summed E-state index contributed by atoms with van der Waals surface area (Å²) in [5, 5.41) is 4.78. The van der Waals surface area contributed by atoms with Crippen LogP contribution < -0.4 is 5.32 Å². The fraction of sp³-hybridized carbons (Fsp3) is 0.444. The van der Waals surface area contributed by atoms with E-state index < -0.39 is 11.6 Å². The van der Waals surface area contributed by atoms with Crippen LogP contribution in [0.4, 0.5) is 10.5 Å². The molecule has 1 heterocycles. The summed E-state index contributed by atoms with van der Waals surface area (Å²) in [4.78, 5) is 25.4. The van der Waals surface area contributed by atoms with Gasteiger partial charge in [-0.2, -0.15) is 0 Å². The lowest BCUT2D eigenvalue weighted by Gasteiger charge is -2.27. The maximum absolute atomic E-state index is 12.3. The van der Waals surface area contributed by atoms with Gasteiger partial charge in [0.05, 0.1) is 7.11 Å². The monoisotopic (exact) mass is 364 g/mol. The Bertz CT molecular complexity index is 652. The minimum absolute atomic E-state index is 0.165. The molecule has 1 N–H and O–H groups in total. The van der Waals surface area contributed by atoms with Crippen molar-refractivity contribution in [2.75, 3.05) is 12.4 Å². The number of carbonyl (C=O) groups excluding carboxylic acids is 2. The summed E-state index contributed by atoms with van der Waals surface area (Å²) < 4.78 is 10.1. The lowest BCUT2D eigenvalue weighted by atomic mass is 10.1. The van der Waals surface area contributed by atoms with E-state index in [1.165, 1.54) is 18.9 Å². The van der Waals surface area contributed by atoms with Crippen LogP contribution >= 0.6 is 11.8 Å². The summed E-state index contributed by atoms with van der Waals surface area (Å²) in [7, 11) is 1.36. The van der Waals surface area contributed by atoms with Crippen molar-refractivity contribution in [1.82, 2.24) is 4.90 Å². The van der Waals surface area contributed by atoms with Gasteiger partial charge in [-0.25, -0.2) is 9.59 Å². The quantitative estimate of drug-likeness (QED) is 0.811. The fourth-order valence-electron chi connectivity index (χ4n) is 2.26. The average Bonchev–Trinajstić information content (AvgIpc) is 3.03. The number of anilines is 1. The molecule has 1 aliphatic rings. The topological polar surface area (TPSA) is 67.9 Å². The van der Waals surface area contributed by atoms with Gasteiger partial charge in [0.1, 0.15) is 17.0 Å². The van der Waals surface area contributed by atoms with Gasteiger partial charge < -0.3 is 14.8 Å². The van der Waals surface area contributed by atoms with Gasteiger partial charge in [0.25, 0.3) is 0 Å². The van der Waals surface area contributed by atoms with Crippen molar-refractivity contribution in [2.45, 2.75) is 44.7 Å². The molecule has 2 rings (SSSR count). The van der Waals surface area contributed by atoms with Gasteiger partial charge in [0.15, 0.2) is 0 Å². The predicted octanol–water partition coefficient (Wildman–Crippen LogP) is 4.11. The number of thioether (sulfide) groups is 1. The molecule has 0 saturated carbocycles. The van der Waals surface area contributed by atoms with E-state index in [1.807, 2.05) is 50.4 Å². The molecule has 0 bridgehead atoms. The molecule has 6 nitrogen and oxygen atoms in total. The number of amides is 1. The second-order valence-corrected chi connectivity index (χ2v) is 7.66. The SMILES string of the molecule is COC(=O)[C@H](C)Nc1ccc(C2SC=CN2C(=O)OC(C)(C)C)cc1. The molecule has 0 spiro atoms. The highest BCUT2D eigenvalue weighted by Gasteiger charge is 2.30. The van der Waals surface area contributed by atoms with Crippen LogP contribution in [0.25, 0.3) is 0 Å². The van der Waals surface area contributed by atoms with E-state index >= 15 is 0 Å². The second-order valence-electron chi connectivity index (χ2n) is 6.67. The molecule has 1 amide bonds. The molecule has 0 saturated heterocycles. The molecule has 0 fully saturated rings. The Kier molecular flexibility index (Phi) is 6.00. The molecule has 136 valence electrons. The molecular formula is C18H24N2O4S. The third-order valence-corrected chi connectivity index (χ3v) is 4.46. The lowest BCUT2D eigenvalue weighted by Crippen LogP contribution is -2.33. The van der Waals surface area contributed by atoms with Gasteiger partial charge in [0, 0.05) is 11.9 Å². The first-order valence-electron chi connectivity index (χ1n) is 7.99. The van der Waals surface area contributed by atoms with Gasteiger partial charge in [-0.05, 0) is 50.8 Å². The maximum atomic E-state index is 12.3. The third kappa shape index (κ3) is 5.16. The van der Waals surface area contributed by atoms with Crippen LogP contribution in [0.3, 0.4) is 0 Å². The highest BCUT2D eigenvalue weighted by molar-refractivity contribution is 8.02. The number of ether oxygens (including phenoxy) is 2. The third-order valence-electron chi connectivity index (χ3n) is 3.42. The molecule has 7 heteroatoms. The van der Waals surface area contributed by atoms with Gasteiger partial charge in [-0.1, -0.05) is 12.1 Å². The fourth-order valence-corrected chi connectivity index (χ4v) is 3.21. The van der Waals surface area contributed by atoms with Crippen LogP contribution in [0.15, 0.2) is 35.9 Å². The average molecular weight is 364 g/mol. The summed E-state index contributed by atoms with van der Waals surface area (Å²) in [6.45, 7) is 7.27. The van der Waals surface area contributed by atoms with Crippen molar-refractivity contribution in [2.24, 2.45) is 0 Å². The van der Waals surface area contributed by atoms with E-state index in [1.54, 1.807) is 18.0 Å². The molecule has 1 aromatic carbocycles. The van der Waals surface area contributed by atoms with Crippen LogP contribution in [0.2, 0.25) is 0 Å². The largest absolute Gasteiger partial charge is 0.467 e. The van der Waals surface area contributed by atoms with Crippen LogP contribution in [0, 0.1) is 0 Å². The Hall–Kier alpha value is -2.15. The highest BCUT2D eigenvalue weighted by atomic mass is 32.2. The Balaban J connectivity index is 2.06. The normalized spacial score (nSPS) is 18.0. The Morgan fingerprint density at radius 3 is 2.44 bits per heavy atom. The Morgan fingerprint density at radius 1 is 1.24 bits per heavy atom. The minimum Gasteiger partial charge on any atom is -0.467 e. The molecule has 1 aliphatic heterocycles. The number of methoxy groups -OCH3 is 1. The highest BCUT2D eigenvalue weighted by Crippen LogP contribution is 2.39. The minimum atomic E-state index is -0.541. The number of carbonyl (C=O) groups is 2. The Morgan fingerprint density at radius 2 is 1.88 bits per heavy atom. The number of nitrogens with zero attached hydrogens (tertiary/aromatic N) is 1. The molecule has 25 heavy (non-hydrogen) atoms. The predicted molar refractivity (Wildman–Crippen MR) is 99.1 cm³/mol. The first kappa shape index (κ1) is 19.2. The molecule has 1 unspecified atom stereocenters. The van der Waals surface area contributed by atoms with E-state index in [0.29, 0.717) is 0 Å². The van der Waals surface area contributed by atoms with E-state index in [4.69, 9.17) is 9.47 Å². The smallest absolute Gasteiger partial charge is 0.415 e. The number of rotatable bonds is 4. The summed E-state index contributed by atoms with van der Waals surface area (Å²) in [6.07, 6.45) is 1.36. The van der Waals surface area contributed by atoms with Crippen LogP contribution in [0.1, 0.15) is 38.6 Å². The summed E-state index contributed by atoms with van der Waals surface area (Å²) in [5.41, 5.74) is 1.24. The van der Waals surface area contributed by atoms with Crippen LogP contribution in [0.5, 0.6) is 0 Å². The lowest BCUT2D eigenvalue weighted by molar-refractivity contribution is -0.141. The second kappa shape index (κ2) is 7.82.